The van der Waals surface area contributed by atoms with E-state index in [1.165, 1.54) is 5.69 Å². The van der Waals surface area contributed by atoms with Gasteiger partial charge in [-0.25, -0.2) is 0 Å². The summed E-state index contributed by atoms with van der Waals surface area (Å²) < 4.78 is 11.4. The van der Waals surface area contributed by atoms with E-state index in [0.717, 1.165) is 48.7 Å². The minimum Gasteiger partial charge on any atom is -0.507 e. The van der Waals surface area contributed by atoms with Gasteiger partial charge in [0.05, 0.1) is 18.2 Å². The van der Waals surface area contributed by atoms with Gasteiger partial charge in [0.1, 0.15) is 17.2 Å². The van der Waals surface area contributed by atoms with E-state index in [0.29, 0.717) is 23.4 Å². The summed E-state index contributed by atoms with van der Waals surface area (Å²) in [4.78, 5) is 19.9. The van der Waals surface area contributed by atoms with Crippen molar-refractivity contribution in [1.29, 1.82) is 0 Å². The fraction of sp³-hybridized carbons (Fsp3) is 0.300. The summed E-state index contributed by atoms with van der Waals surface area (Å²) in [5.41, 5.74) is 5.07. The predicted octanol–water partition coefficient (Wildman–Crippen LogP) is 4.71. The van der Waals surface area contributed by atoms with Gasteiger partial charge in [-0.2, -0.15) is 0 Å². The molecule has 192 valence electrons. The monoisotopic (exact) mass is 499 g/mol. The number of carbonyl (C=O) groups excluding carboxylic acids is 1. The smallest absolute Gasteiger partial charge is 0.232 e. The third-order valence-corrected chi connectivity index (χ3v) is 7.12. The molecule has 3 aromatic rings. The van der Waals surface area contributed by atoms with Crippen LogP contribution in [0.1, 0.15) is 27.0 Å². The largest absolute Gasteiger partial charge is 0.507 e. The van der Waals surface area contributed by atoms with Gasteiger partial charge in [0.2, 0.25) is 5.78 Å². The van der Waals surface area contributed by atoms with E-state index in [9.17, 15) is 9.90 Å². The van der Waals surface area contributed by atoms with Gasteiger partial charge in [-0.3, -0.25) is 9.69 Å². The first-order chi connectivity index (χ1) is 17.8. The van der Waals surface area contributed by atoms with Gasteiger partial charge in [0.25, 0.3) is 0 Å². The van der Waals surface area contributed by atoms with Crippen molar-refractivity contribution in [1.82, 2.24) is 4.90 Å². The first kappa shape index (κ1) is 24.7. The first-order valence-electron chi connectivity index (χ1n) is 12.5. The Balaban J connectivity index is 1.32. The Morgan fingerprint density at radius 1 is 1.03 bits per heavy atom. The molecule has 0 unspecified atom stereocenters. The van der Waals surface area contributed by atoms with Gasteiger partial charge in [0.15, 0.2) is 5.76 Å². The van der Waals surface area contributed by atoms with E-state index < -0.39 is 0 Å². The molecule has 0 aliphatic carbocycles. The summed E-state index contributed by atoms with van der Waals surface area (Å²) in [5, 5.41) is 10.8. The highest BCUT2D eigenvalue weighted by Crippen LogP contribution is 2.42. The number of ketones is 1. The standard InChI is InChI=1S/C30H33N3O4/c1-20-17-26(34)25(19-32-13-15-33(16-14-32)23-9-11-24(36-4)12-10-23)30-28(20)29(35)27(37-30)18-21-5-7-22(8-6-21)31(2)3/h5-12,17-18,34H,13-16,19H2,1-4H3/b27-18+. The van der Waals surface area contributed by atoms with E-state index in [1.807, 2.05) is 62.3 Å². The molecule has 2 aliphatic rings. The number of rotatable bonds is 6. The molecule has 0 aromatic heterocycles. The molecule has 0 radical (unpaired) electrons. The number of anilines is 2. The molecule has 7 heteroatoms. The highest BCUT2D eigenvalue weighted by atomic mass is 16.5. The molecular formula is C30H33N3O4. The minimum atomic E-state index is -0.144. The number of aryl methyl sites for hydroxylation is 1. The Morgan fingerprint density at radius 2 is 1.70 bits per heavy atom. The van der Waals surface area contributed by atoms with Gasteiger partial charge in [-0.15, -0.1) is 0 Å². The molecule has 37 heavy (non-hydrogen) atoms. The van der Waals surface area contributed by atoms with Crippen molar-refractivity contribution in [3.8, 4) is 17.2 Å². The number of allylic oxidation sites excluding steroid dienone is 1. The lowest BCUT2D eigenvalue weighted by molar-refractivity contribution is 0.101. The SMILES string of the molecule is COc1ccc(N2CCN(Cc3c(O)cc(C)c4c3O/C(=C/c3ccc(N(C)C)cc3)C4=O)CC2)cc1. The molecule has 0 saturated carbocycles. The fourth-order valence-electron chi connectivity index (χ4n) is 4.93. The van der Waals surface area contributed by atoms with Crippen LogP contribution in [0.3, 0.4) is 0 Å². The summed E-state index contributed by atoms with van der Waals surface area (Å²) >= 11 is 0. The van der Waals surface area contributed by atoms with Crippen LogP contribution < -0.4 is 19.3 Å². The normalized spacial score (nSPS) is 16.6. The zero-order chi connectivity index (χ0) is 26.1. The van der Waals surface area contributed by atoms with Gasteiger partial charge in [-0.1, -0.05) is 12.1 Å². The number of aromatic hydroxyl groups is 1. The third kappa shape index (κ3) is 5.00. The molecular weight excluding hydrogens is 466 g/mol. The zero-order valence-electron chi connectivity index (χ0n) is 21.8. The molecule has 0 bridgehead atoms. The molecule has 1 N–H and O–H groups in total. The number of Topliss-reactive ketones (excluding diaryl/α,β-unsaturated/α-hetero) is 1. The number of hydrogen-bond acceptors (Lipinski definition) is 7. The second-order valence-corrected chi connectivity index (χ2v) is 9.78. The molecule has 7 nitrogen and oxygen atoms in total. The van der Waals surface area contributed by atoms with Crippen molar-refractivity contribution in [2.75, 3.05) is 57.2 Å². The molecule has 3 aromatic carbocycles. The van der Waals surface area contributed by atoms with E-state index in [2.05, 4.69) is 21.9 Å². The van der Waals surface area contributed by atoms with Crippen LogP contribution in [-0.4, -0.2) is 63.2 Å². The average molecular weight is 500 g/mol. The van der Waals surface area contributed by atoms with Crippen molar-refractivity contribution in [2.24, 2.45) is 0 Å². The van der Waals surface area contributed by atoms with Crippen LogP contribution in [0, 0.1) is 6.92 Å². The highest BCUT2D eigenvalue weighted by Gasteiger charge is 2.34. The van der Waals surface area contributed by atoms with E-state index in [1.54, 1.807) is 19.3 Å². The number of methoxy groups -OCH3 is 1. The van der Waals surface area contributed by atoms with Crippen LogP contribution in [0.5, 0.6) is 17.2 Å². The Kier molecular flexibility index (Phi) is 6.80. The Bertz CT molecular complexity index is 1320. The Labute approximate surface area is 218 Å². The number of phenols is 1. The van der Waals surface area contributed by atoms with Crippen LogP contribution in [0.4, 0.5) is 11.4 Å². The maximum absolute atomic E-state index is 13.3. The number of nitrogens with zero attached hydrogens (tertiary/aromatic N) is 3. The van der Waals surface area contributed by atoms with E-state index in [4.69, 9.17) is 9.47 Å². The number of phenolic OH excluding ortho intramolecular Hbond substituents is 1. The van der Waals surface area contributed by atoms with Crippen molar-refractivity contribution < 1.29 is 19.4 Å². The quantitative estimate of drug-likeness (QED) is 0.493. The van der Waals surface area contributed by atoms with Crippen LogP contribution in [-0.2, 0) is 6.54 Å². The number of piperazine rings is 1. The number of benzene rings is 3. The molecule has 1 saturated heterocycles. The average Bonchev–Trinajstić information content (AvgIpc) is 3.23. The molecule has 5 rings (SSSR count). The topological polar surface area (TPSA) is 65.5 Å². The number of ether oxygens (including phenoxy) is 2. The minimum absolute atomic E-state index is 0.144. The van der Waals surface area contributed by atoms with Gasteiger partial charge < -0.3 is 24.4 Å². The van der Waals surface area contributed by atoms with E-state index in [-0.39, 0.29) is 17.3 Å². The summed E-state index contributed by atoms with van der Waals surface area (Å²) in [5.74, 6) is 1.63. The maximum atomic E-state index is 13.3. The molecule has 0 spiro atoms. The van der Waals surface area contributed by atoms with Gasteiger partial charge in [0, 0.05) is 58.2 Å². The number of hydrogen-bond donors (Lipinski definition) is 1. The van der Waals surface area contributed by atoms with Crippen LogP contribution in [0.25, 0.3) is 6.08 Å². The van der Waals surface area contributed by atoms with Crippen LogP contribution in [0.2, 0.25) is 0 Å². The molecule has 1 fully saturated rings. The Hall–Kier alpha value is -3.97. The maximum Gasteiger partial charge on any atom is 0.232 e. The molecule has 2 heterocycles. The Morgan fingerprint density at radius 3 is 2.32 bits per heavy atom. The van der Waals surface area contributed by atoms with Gasteiger partial charge in [-0.05, 0) is 66.6 Å². The highest BCUT2D eigenvalue weighted by molar-refractivity contribution is 6.15. The van der Waals surface area contributed by atoms with Gasteiger partial charge >= 0.3 is 0 Å². The number of carbonyl (C=O) groups is 1. The van der Waals surface area contributed by atoms with Crippen LogP contribution in [0.15, 0.2) is 60.4 Å². The lowest BCUT2D eigenvalue weighted by atomic mass is 9.99. The second-order valence-electron chi connectivity index (χ2n) is 9.78. The lowest BCUT2D eigenvalue weighted by Crippen LogP contribution is -2.46. The summed E-state index contributed by atoms with van der Waals surface area (Å²) in [6, 6.07) is 17.7. The second kappa shape index (κ2) is 10.2. The molecule has 2 aliphatic heterocycles. The molecule has 0 atom stereocenters. The zero-order valence-corrected chi connectivity index (χ0v) is 21.8. The number of fused-ring (bicyclic) bond motifs is 1. The molecule has 0 amide bonds. The lowest BCUT2D eigenvalue weighted by Gasteiger charge is -2.36. The summed E-state index contributed by atoms with van der Waals surface area (Å²) in [7, 11) is 5.65. The predicted molar refractivity (Wildman–Crippen MR) is 147 cm³/mol. The summed E-state index contributed by atoms with van der Waals surface area (Å²) in [6.45, 7) is 5.77. The summed E-state index contributed by atoms with van der Waals surface area (Å²) in [6.07, 6.45) is 1.77. The van der Waals surface area contributed by atoms with Crippen molar-refractivity contribution in [3.05, 3.63) is 82.6 Å². The van der Waals surface area contributed by atoms with Crippen molar-refractivity contribution in [3.63, 3.8) is 0 Å². The fourth-order valence-corrected chi connectivity index (χ4v) is 4.93. The van der Waals surface area contributed by atoms with Crippen molar-refractivity contribution >= 4 is 23.2 Å². The van der Waals surface area contributed by atoms with Crippen molar-refractivity contribution in [2.45, 2.75) is 13.5 Å². The van der Waals surface area contributed by atoms with Crippen LogP contribution >= 0.6 is 0 Å². The third-order valence-electron chi connectivity index (χ3n) is 7.12. The first-order valence-corrected chi connectivity index (χ1v) is 12.5. The van der Waals surface area contributed by atoms with E-state index >= 15 is 0 Å².